The van der Waals surface area contributed by atoms with Gasteiger partial charge in [0, 0.05) is 17.4 Å². The zero-order valence-electron chi connectivity index (χ0n) is 10.5. The predicted molar refractivity (Wildman–Crippen MR) is 76.6 cm³/mol. The van der Waals surface area contributed by atoms with E-state index in [0.29, 0.717) is 12.3 Å². The van der Waals surface area contributed by atoms with Crippen LogP contribution in [0.15, 0.2) is 24.3 Å². The first-order valence-electron chi connectivity index (χ1n) is 6.10. The summed E-state index contributed by atoms with van der Waals surface area (Å²) in [7, 11) is 0. The molecule has 1 N–H and O–H groups in total. The first-order valence-corrected chi connectivity index (χ1v) is 7.22. The van der Waals surface area contributed by atoms with Crippen molar-refractivity contribution in [3.63, 3.8) is 0 Å². The van der Waals surface area contributed by atoms with Gasteiger partial charge < -0.3 is 5.32 Å². The molecule has 0 heterocycles. The molecule has 1 atom stereocenters. The van der Waals surface area contributed by atoms with E-state index in [9.17, 15) is 4.79 Å². The molecule has 2 nitrogen and oxygen atoms in total. The monoisotopic (exact) mass is 297 g/mol. The molecule has 0 bridgehead atoms. The van der Waals surface area contributed by atoms with E-state index in [-0.39, 0.29) is 5.91 Å². The standard InChI is InChI=1S/C14H20BrNO/c1-3-11(2)10-14(17)16-13-6-4-12(5-7-13)8-9-15/h4-7,11H,3,8-10H2,1-2H3,(H,16,17). The Morgan fingerprint density at radius 1 is 1.35 bits per heavy atom. The fraction of sp³-hybridized carbons (Fsp3) is 0.500. The van der Waals surface area contributed by atoms with Crippen LogP contribution in [0.25, 0.3) is 0 Å². The van der Waals surface area contributed by atoms with Crippen molar-refractivity contribution in [3.05, 3.63) is 29.8 Å². The Labute approximate surface area is 112 Å². The summed E-state index contributed by atoms with van der Waals surface area (Å²) in [6, 6.07) is 8.04. The van der Waals surface area contributed by atoms with Gasteiger partial charge in [-0.3, -0.25) is 4.79 Å². The first kappa shape index (κ1) is 14.2. The minimum absolute atomic E-state index is 0.104. The number of amides is 1. The molecule has 0 radical (unpaired) electrons. The number of rotatable bonds is 6. The summed E-state index contributed by atoms with van der Waals surface area (Å²) >= 11 is 3.41. The zero-order valence-corrected chi connectivity index (χ0v) is 12.1. The van der Waals surface area contributed by atoms with Crippen molar-refractivity contribution in [2.24, 2.45) is 5.92 Å². The van der Waals surface area contributed by atoms with E-state index in [1.807, 2.05) is 12.1 Å². The number of carbonyl (C=O) groups is 1. The van der Waals surface area contributed by atoms with Gasteiger partial charge in [-0.15, -0.1) is 0 Å². The summed E-state index contributed by atoms with van der Waals surface area (Å²) in [6.45, 7) is 4.20. The van der Waals surface area contributed by atoms with Crippen LogP contribution in [0.1, 0.15) is 32.3 Å². The molecule has 0 aliphatic carbocycles. The van der Waals surface area contributed by atoms with Gasteiger partial charge in [0.05, 0.1) is 0 Å². The lowest BCUT2D eigenvalue weighted by molar-refractivity contribution is -0.117. The van der Waals surface area contributed by atoms with E-state index in [1.165, 1.54) is 5.56 Å². The number of anilines is 1. The number of hydrogen-bond donors (Lipinski definition) is 1. The first-order chi connectivity index (χ1) is 8.15. The minimum Gasteiger partial charge on any atom is -0.326 e. The highest BCUT2D eigenvalue weighted by molar-refractivity contribution is 9.09. The van der Waals surface area contributed by atoms with E-state index in [2.05, 4.69) is 47.2 Å². The van der Waals surface area contributed by atoms with E-state index < -0.39 is 0 Å². The maximum absolute atomic E-state index is 11.7. The normalized spacial score (nSPS) is 12.2. The number of hydrogen-bond acceptors (Lipinski definition) is 1. The summed E-state index contributed by atoms with van der Waals surface area (Å²) in [5.74, 6) is 0.551. The van der Waals surface area contributed by atoms with Crippen LogP contribution in [0.3, 0.4) is 0 Å². The van der Waals surface area contributed by atoms with Crippen LogP contribution in [-0.4, -0.2) is 11.2 Å². The minimum atomic E-state index is 0.104. The second-order valence-electron chi connectivity index (χ2n) is 4.40. The van der Waals surface area contributed by atoms with Gasteiger partial charge >= 0.3 is 0 Å². The summed E-state index contributed by atoms with van der Waals surface area (Å²) in [5, 5.41) is 3.89. The van der Waals surface area contributed by atoms with Gasteiger partial charge in [0.1, 0.15) is 0 Å². The molecule has 1 rings (SSSR count). The highest BCUT2D eigenvalue weighted by atomic mass is 79.9. The van der Waals surface area contributed by atoms with Gasteiger partial charge in [-0.05, 0) is 30.0 Å². The molecule has 17 heavy (non-hydrogen) atoms. The summed E-state index contributed by atoms with van der Waals surface area (Å²) in [5.41, 5.74) is 2.17. The number of aryl methyl sites for hydroxylation is 1. The second kappa shape index (κ2) is 7.49. The largest absolute Gasteiger partial charge is 0.326 e. The summed E-state index contributed by atoms with van der Waals surface area (Å²) in [6.07, 6.45) is 2.65. The van der Waals surface area contributed by atoms with E-state index in [1.54, 1.807) is 0 Å². The van der Waals surface area contributed by atoms with Crippen molar-refractivity contribution in [3.8, 4) is 0 Å². The van der Waals surface area contributed by atoms with Crippen molar-refractivity contribution in [2.75, 3.05) is 10.6 Å². The molecular weight excluding hydrogens is 278 g/mol. The quantitative estimate of drug-likeness (QED) is 0.790. The predicted octanol–water partition coefficient (Wildman–Crippen LogP) is 4.00. The average Bonchev–Trinajstić information content (AvgIpc) is 2.31. The molecule has 0 saturated heterocycles. The van der Waals surface area contributed by atoms with Crippen molar-refractivity contribution in [2.45, 2.75) is 33.1 Å². The molecule has 0 fully saturated rings. The third kappa shape index (κ3) is 5.35. The van der Waals surface area contributed by atoms with Crippen LogP contribution < -0.4 is 5.32 Å². The van der Waals surface area contributed by atoms with E-state index >= 15 is 0 Å². The van der Waals surface area contributed by atoms with Crippen LogP contribution in [0, 0.1) is 5.92 Å². The molecule has 1 amide bonds. The second-order valence-corrected chi connectivity index (χ2v) is 5.19. The van der Waals surface area contributed by atoms with Gasteiger partial charge in [0.25, 0.3) is 0 Å². The molecule has 0 saturated carbocycles. The fourth-order valence-corrected chi connectivity index (χ4v) is 1.99. The average molecular weight is 298 g/mol. The molecule has 1 unspecified atom stereocenters. The molecule has 94 valence electrons. The maximum Gasteiger partial charge on any atom is 0.224 e. The van der Waals surface area contributed by atoms with Crippen LogP contribution in [0.2, 0.25) is 0 Å². The van der Waals surface area contributed by atoms with Gasteiger partial charge in [0.15, 0.2) is 0 Å². The third-order valence-electron chi connectivity index (χ3n) is 2.85. The smallest absolute Gasteiger partial charge is 0.224 e. The van der Waals surface area contributed by atoms with Crippen molar-refractivity contribution >= 4 is 27.5 Å². The van der Waals surface area contributed by atoms with Crippen LogP contribution in [0.5, 0.6) is 0 Å². The Morgan fingerprint density at radius 2 is 2.00 bits per heavy atom. The van der Waals surface area contributed by atoms with Gasteiger partial charge in [-0.1, -0.05) is 48.3 Å². The number of nitrogens with one attached hydrogen (secondary N) is 1. The molecule has 0 aromatic heterocycles. The van der Waals surface area contributed by atoms with Gasteiger partial charge in [-0.25, -0.2) is 0 Å². The molecule has 1 aromatic carbocycles. The van der Waals surface area contributed by atoms with Crippen molar-refractivity contribution < 1.29 is 4.79 Å². The highest BCUT2D eigenvalue weighted by Crippen LogP contribution is 2.13. The highest BCUT2D eigenvalue weighted by Gasteiger charge is 2.07. The van der Waals surface area contributed by atoms with Gasteiger partial charge in [-0.2, -0.15) is 0 Å². The van der Waals surface area contributed by atoms with Crippen molar-refractivity contribution in [1.82, 2.24) is 0 Å². The van der Waals surface area contributed by atoms with E-state index in [4.69, 9.17) is 0 Å². The molecule has 3 heteroatoms. The van der Waals surface area contributed by atoms with Crippen LogP contribution >= 0.6 is 15.9 Å². The lowest BCUT2D eigenvalue weighted by Gasteiger charge is -2.09. The Morgan fingerprint density at radius 3 is 2.53 bits per heavy atom. The number of carbonyl (C=O) groups excluding carboxylic acids is 1. The van der Waals surface area contributed by atoms with Crippen molar-refractivity contribution in [1.29, 1.82) is 0 Å². The molecular formula is C14H20BrNO. The Balaban J connectivity index is 2.48. The topological polar surface area (TPSA) is 29.1 Å². The number of alkyl halides is 1. The Hall–Kier alpha value is -0.830. The van der Waals surface area contributed by atoms with Crippen LogP contribution in [-0.2, 0) is 11.2 Å². The summed E-state index contributed by atoms with van der Waals surface area (Å²) < 4.78 is 0. The Kier molecular flexibility index (Phi) is 6.27. The van der Waals surface area contributed by atoms with Crippen LogP contribution in [0.4, 0.5) is 5.69 Å². The Bertz CT molecular complexity index is 348. The molecule has 1 aromatic rings. The number of benzene rings is 1. The molecule has 0 aliphatic heterocycles. The van der Waals surface area contributed by atoms with E-state index in [0.717, 1.165) is 23.9 Å². The molecule has 0 spiro atoms. The maximum atomic E-state index is 11.7. The number of halogens is 1. The SMILES string of the molecule is CCC(C)CC(=O)Nc1ccc(CCBr)cc1. The zero-order chi connectivity index (χ0) is 12.7. The fourth-order valence-electron chi connectivity index (χ4n) is 1.54. The third-order valence-corrected chi connectivity index (χ3v) is 3.25. The molecule has 0 aliphatic rings. The lowest BCUT2D eigenvalue weighted by atomic mass is 10.0. The lowest BCUT2D eigenvalue weighted by Crippen LogP contribution is -2.14. The van der Waals surface area contributed by atoms with Gasteiger partial charge in [0.2, 0.25) is 5.91 Å². The summed E-state index contributed by atoms with van der Waals surface area (Å²) in [4.78, 5) is 11.7.